The van der Waals surface area contributed by atoms with Gasteiger partial charge in [0.05, 0.1) is 11.5 Å². The van der Waals surface area contributed by atoms with E-state index < -0.39 is 10.0 Å². The van der Waals surface area contributed by atoms with Gasteiger partial charge in [-0.1, -0.05) is 18.5 Å². The Labute approximate surface area is 189 Å². The van der Waals surface area contributed by atoms with Crippen LogP contribution in [0, 0.1) is 5.92 Å². The van der Waals surface area contributed by atoms with Crippen LogP contribution in [0.1, 0.15) is 43.0 Å². The highest BCUT2D eigenvalue weighted by molar-refractivity contribution is 7.89. The topological polar surface area (TPSA) is 75.7 Å². The highest BCUT2D eigenvalue weighted by Gasteiger charge is 2.28. The van der Waals surface area contributed by atoms with Crippen LogP contribution in [0.3, 0.4) is 0 Å². The molecule has 8 heteroatoms. The molecule has 0 bridgehead atoms. The summed E-state index contributed by atoms with van der Waals surface area (Å²) in [7, 11) is -3.50. The molecule has 0 radical (unpaired) electrons. The van der Waals surface area contributed by atoms with E-state index in [0.717, 1.165) is 31.4 Å². The average Bonchev–Trinajstić information content (AvgIpc) is 2.77. The van der Waals surface area contributed by atoms with Crippen molar-refractivity contribution in [3.63, 3.8) is 0 Å². The van der Waals surface area contributed by atoms with Gasteiger partial charge in [-0.2, -0.15) is 4.31 Å². The molecule has 168 valence electrons. The van der Waals surface area contributed by atoms with E-state index in [-0.39, 0.29) is 10.8 Å². The van der Waals surface area contributed by atoms with Crippen LogP contribution in [0.4, 0.5) is 0 Å². The molecule has 3 rings (SSSR count). The zero-order chi connectivity index (χ0) is 22.3. The van der Waals surface area contributed by atoms with E-state index in [2.05, 4.69) is 12.2 Å². The summed E-state index contributed by atoms with van der Waals surface area (Å²) in [5.74, 6) is 1.11. The summed E-state index contributed by atoms with van der Waals surface area (Å²) in [4.78, 5) is 12.5. The molecule has 2 aromatic rings. The van der Waals surface area contributed by atoms with Gasteiger partial charge in [-0.15, -0.1) is 0 Å². The molecule has 31 heavy (non-hydrogen) atoms. The van der Waals surface area contributed by atoms with E-state index in [0.29, 0.717) is 42.7 Å². The number of unbranched alkanes of at least 4 members (excludes halogenated alkanes) is 1. The molecule has 6 nitrogen and oxygen atoms in total. The molecule has 0 aliphatic carbocycles. The van der Waals surface area contributed by atoms with E-state index in [1.54, 1.807) is 24.3 Å². The van der Waals surface area contributed by atoms with Crippen LogP contribution in [0.15, 0.2) is 53.4 Å². The number of hydrogen-bond acceptors (Lipinski definition) is 4. The largest absolute Gasteiger partial charge is 0.494 e. The van der Waals surface area contributed by atoms with Gasteiger partial charge in [-0.3, -0.25) is 4.79 Å². The van der Waals surface area contributed by atoms with Crippen LogP contribution in [0.5, 0.6) is 5.75 Å². The maximum Gasteiger partial charge on any atom is 0.251 e. The van der Waals surface area contributed by atoms with E-state index in [1.807, 2.05) is 12.1 Å². The predicted octanol–water partition coefficient (Wildman–Crippen LogP) is 4.35. The maximum atomic E-state index is 12.8. The Balaban J connectivity index is 1.41. The number of carbonyl (C=O) groups excluding carboxylic acids is 1. The zero-order valence-electron chi connectivity index (χ0n) is 17.7. The van der Waals surface area contributed by atoms with Crippen molar-refractivity contribution in [1.29, 1.82) is 0 Å². The molecular weight excluding hydrogens is 436 g/mol. The van der Waals surface area contributed by atoms with Crippen LogP contribution >= 0.6 is 11.6 Å². The smallest absolute Gasteiger partial charge is 0.251 e. The standard InChI is InChI=1S/C23H29ClN2O4S/c1-18-12-15-26(16-13-18)31(28,29)22-10-4-19(5-11-22)23(27)25-14-2-3-17-30-21-8-6-20(24)7-9-21/h4-11,18H,2-3,12-17H2,1H3,(H,25,27). The van der Waals surface area contributed by atoms with E-state index >= 15 is 0 Å². The fourth-order valence-electron chi connectivity index (χ4n) is 3.40. The second-order valence-electron chi connectivity index (χ2n) is 7.88. The van der Waals surface area contributed by atoms with Crippen LogP contribution in [-0.2, 0) is 10.0 Å². The van der Waals surface area contributed by atoms with Gasteiger partial charge in [0.15, 0.2) is 0 Å². The van der Waals surface area contributed by atoms with Crippen LogP contribution < -0.4 is 10.1 Å². The summed E-state index contributed by atoms with van der Waals surface area (Å²) in [6, 6.07) is 13.4. The molecule has 1 heterocycles. The Bertz CT molecular complexity index is 954. The van der Waals surface area contributed by atoms with Gasteiger partial charge in [0.25, 0.3) is 5.91 Å². The van der Waals surface area contributed by atoms with E-state index in [9.17, 15) is 13.2 Å². The van der Waals surface area contributed by atoms with Crippen molar-refractivity contribution in [2.75, 3.05) is 26.2 Å². The number of nitrogens with zero attached hydrogens (tertiary/aromatic N) is 1. The summed E-state index contributed by atoms with van der Waals surface area (Å²) < 4.78 is 32.7. The molecule has 0 aromatic heterocycles. The Hall–Kier alpha value is -2.09. The molecule has 1 aliphatic rings. The highest BCUT2D eigenvalue weighted by atomic mass is 35.5. The van der Waals surface area contributed by atoms with Gasteiger partial charge in [-0.25, -0.2) is 8.42 Å². The lowest BCUT2D eigenvalue weighted by atomic mass is 10.0. The molecule has 1 fully saturated rings. The number of carbonyl (C=O) groups is 1. The van der Waals surface area contributed by atoms with Crippen molar-refractivity contribution in [2.24, 2.45) is 5.92 Å². The number of sulfonamides is 1. The summed E-state index contributed by atoms with van der Waals surface area (Å²) in [6.45, 7) is 4.32. The SMILES string of the molecule is CC1CCN(S(=O)(=O)c2ccc(C(=O)NCCCCOc3ccc(Cl)cc3)cc2)CC1. The van der Waals surface area contributed by atoms with Crippen molar-refractivity contribution >= 4 is 27.5 Å². The number of piperidine rings is 1. The van der Waals surface area contributed by atoms with E-state index in [4.69, 9.17) is 16.3 Å². The number of amides is 1. The maximum absolute atomic E-state index is 12.8. The third-order valence-electron chi connectivity index (χ3n) is 5.44. The van der Waals surface area contributed by atoms with Crippen molar-refractivity contribution < 1.29 is 17.9 Å². The normalized spacial score (nSPS) is 15.5. The molecule has 1 saturated heterocycles. The molecule has 1 amide bonds. The first-order chi connectivity index (χ1) is 14.9. The van der Waals surface area contributed by atoms with Crippen LogP contribution in [-0.4, -0.2) is 44.9 Å². The molecule has 1 N–H and O–H groups in total. The van der Waals surface area contributed by atoms with Gasteiger partial charge in [0, 0.05) is 30.2 Å². The lowest BCUT2D eigenvalue weighted by Crippen LogP contribution is -2.37. The lowest BCUT2D eigenvalue weighted by molar-refractivity contribution is 0.0952. The number of nitrogens with one attached hydrogen (secondary N) is 1. The van der Waals surface area contributed by atoms with Crippen molar-refractivity contribution in [3.05, 3.63) is 59.1 Å². The predicted molar refractivity (Wildman–Crippen MR) is 122 cm³/mol. The van der Waals surface area contributed by atoms with Gasteiger partial charge in [-0.05, 0) is 80.1 Å². The summed E-state index contributed by atoms with van der Waals surface area (Å²) in [6.07, 6.45) is 3.34. The molecule has 0 saturated carbocycles. The summed E-state index contributed by atoms with van der Waals surface area (Å²) in [5.41, 5.74) is 0.448. The van der Waals surface area contributed by atoms with Gasteiger partial charge in [0.1, 0.15) is 5.75 Å². The number of ether oxygens (including phenoxy) is 1. The van der Waals surface area contributed by atoms with Crippen molar-refractivity contribution in [2.45, 2.75) is 37.5 Å². The van der Waals surface area contributed by atoms with Crippen molar-refractivity contribution in [3.8, 4) is 5.75 Å². The van der Waals surface area contributed by atoms with Crippen LogP contribution in [0.2, 0.25) is 5.02 Å². The second-order valence-corrected chi connectivity index (χ2v) is 10.3. The van der Waals surface area contributed by atoms with Crippen LogP contribution in [0.25, 0.3) is 0 Å². The third kappa shape index (κ3) is 6.69. The fourth-order valence-corrected chi connectivity index (χ4v) is 5.00. The molecule has 2 aromatic carbocycles. The first-order valence-corrected chi connectivity index (χ1v) is 12.4. The minimum atomic E-state index is -3.50. The summed E-state index contributed by atoms with van der Waals surface area (Å²) in [5, 5.41) is 3.53. The molecular formula is C23H29ClN2O4S. The average molecular weight is 465 g/mol. The number of hydrogen-bond donors (Lipinski definition) is 1. The fraction of sp³-hybridized carbons (Fsp3) is 0.435. The highest BCUT2D eigenvalue weighted by Crippen LogP contribution is 2.23. The minimum absolute atomic E-state index is 0.214. The summed E-state index contributed by atoms with van der Waals surface area (Å²) >= 11 is 5.84. The Morgan fingerprint density at radius 2 is 1.71 bits per heavy atom. The zero-order valence-corrected chi connectivity index (χ0v) is 19.3. The molecule has 0 spiro atoms. The van der Waals surface area contributed by atoms with Gasteiger partial charge < -0.3 is 10.1 Å². The number of rotatable bonds is 9. The Kier molecular flexibility index (Phi) is 8.35. The monoisotopic (exact) mass is 464 g/mol. The Morgan fingerprint density at radius 3 is 2.35 bits per heavy atom. The Morgan fingerprint density at radius 1 is 1.06 bits per heavy atom. The first-order valence-electron chi connectivity index (χ1n) is 10.6. The molecule has 0 atom stereocenters. The third-order valence-corrected chi connectivity index (χ3v) is 7.60. The number of halogens is 1. The quantitative estimate of drug-likeness (QED) is 0.560. The molecule has 1 aliphatic heterocycles. The van der Waals surface area contributed by atoms with Gasteiger partial charge >= 0.3 is 0 Å². The second kappa shape index (κ2) is 11.0. The lowest BCUT2D eigenvalue weighted by Gasteiger charge is -2.29. The van der Waals surface area contributed by atoms with Gasteiger partial charge in [0.2, 0.25) is 10.0 Å². The minimum Gasteiger partial charge on any atom is -0.494 e. The van der Waals surface area contributed by atoms with E-state index in [1.165, 1.54) is 16.4 Å². The first kappa shape index (κ1) is 23.6. The molecule has 0 unspecified atom stereocenters. The number of benzene rings is 2. The van der Waals surface area contributed by atoms with Crippen molar-refractivity contribution in [1.82, 2.24) is 9.62 Å².